The molecule has 0 radical (unpaired) electrons. The minimum Gasteiger partial charge on any atom is -0.463 e. The number of carbonyl (C=O) groups is 6. The summed E-state index contributed by atoms with van der Waals surface area (Å²) in [7, 11) is 0. The summed E-state index contributed by atoms with van der Waals surface area (Å²) in [6.07, 6.45) is 14.2. The fraction of sp³-hybridized carbons (Fsp3) is 0.632. The zero-order chi connectivity index (χ0) is 40.0. The van der Waals surface area contributed by atoms with Crippen LogP contribution < -0.4 is 0 Å². The summed E-state index contributed by atoms with van der Waals surface area (Å²) in [5.41, 5.74) is 0. The monoisotopic (exact) mass is 758 g/mol. The predicted octanol–water partition coefficient (Wildman–Crippen LogP) is 4.34. The molecule has 0 aliphatic carbocycles. The molecular weight excluding hydrogens is 696 g/mol. The first kappa shape index (κ1) is 53.2. The third-order valence-electron chi connectivity index (χ3n) is 6.16. The van der Waals surface area contributed by atoms with Crippen molar-refractivity contribution in [2.45, 2.75) is 77.0 Å². The molecule has 0 atom stereocenters. The Kier molecular flexibility index (Phi) is 46.0. The first-order chi connectivity index (χ1) is 25.7. The summed E-state index contributed by atoms with van der Waals surface area (Å²) >= 11 is 0. The van der Waals surface area contributed by atoms with Gasteiger partial charge < -0.3 is 43.0 Å². The van der Waals surface area contributed by atoms with E-state index in [1.165, 1.54) is 6.08 Å². The average Bonchev–Trinajstić information content (AvgIpc) is 3.17. The normalized spacial score (nSPS) is 9.75. The lowest BCUT2D eigenvalue weighted by molar-refractivity contribution is -0.147. The number of hydrogen-bond acceptors (Lipinski definition) is 15. The van der Waals surface area contributed by atoms with Gasteiger partial charge in [-0.15, -0.1) is 0 Å². The van der Waals surface area contributed by atoms with Gasteiger partial charge in [-0.2, -0.15) is 0 Å². The fourth-order valence-electron chi connectivity index (χ4n) is 3.50. The standard InChI is InChI=1S/C19H32O8.C16H26O6.C3H4O/c1-2-17(21)25-12-8-4-6-10-19(23)27-16-14-24-13-15-26-18(22)9-5-3-7-11-20;1-3-15(17)21-13-11-19-9-7-5-6-8-10-20-12-14-22-16(18)4-2;1-2-3-4/h2,20H,1,3-16H2;3-4H,1-2,5-14H2;2-3H,1H2. The van der Waals surface area contributed by atoms with E-state index in [4.69, 9.17) is 47.8 Å². The number of esters is 5. The smallest absolute Gasteiger partial charge is 0.330 e. The van der Waals surface area contributed by atoms with Gasteiger partial charge in [0.25, 0.3) is 0 Å². The highest BCUT2D eigenvalue weighted by molar-refractivity contribution is 5.81. The van der Waals surface area contributed by atoms with Crippen LogP contribution in [0.15, 0.2) is 50.6 Å². The molecule has 15 heteroatoms. The molecule has 0 amide bonds. The molecule has 0 saturated carbocycles. The molecule has 0 aliphatic heterocycles. The van der Waals surface area contributed by atoms with E-state index in [-0.39, 0.29) is 58.2 Å². The largest absolute Gasteiger partial charge is 0.463 e. The molecule has 0 unspecified atom stereocenters. The Bertz CT molecular complexity index is 943. The lowest BCUT2D eigenvalue weighted by atomic mass is 10.2. The molecule has 0 spiro atoms. The van der Waals surface area contributed by atoms with Crippen LogP contribution in [0, 0.1) is 0 Å². The SMILES string of the molecule is C=CC(=O)OCCCCCC(=O)OCCOCCOC(=O)CCCCCO.C=CC(=O)OCCOCCCCCCOCCOC(=O)C=C.C=CC=O. The van der Waals surface area contributed by atoms with Crippen molar-refractivity contribution in [2.75, 3.05) is 79.3 Å². The Morgan fingerprint density at radius 3 is 1.11 bits per heavy atom. The van der Waals surface area contributed by atoms with Crippen LogP contribution in [-0.4, -0.2) is 121 Å². The minimum absolute atomic E-state index is 0.140. The molecule has 0 aliphatic rings. The third-order valence-corrected chi connectivity index (χ3v) is 6.16. The highest BCUT2D eigenvalue weighted by Crippen LogP contribution is 2.03. The van der Waals surface area contributed by atoms with Crippen LogP contribution in [0.1, 0.15) is 77.0 Å². The van der Waals surface area contributed by atoms with Gasteiger partial charge >= 0.3 is 29.8 Å². The zero-order valence-electron chi connectivity index (χ0n) is 31.3. The maximum absolute atomic E-state index is 11.5. The van der Waals surface area contributed by atoms with Crippen LogP contribution in [0.5, 0.6) is 0 Å². The quantitative estimate of drug-likeness (QED) is 0.0320. The molecule has 0 bridgehead atoms. The van der Waals surface area contributed by atoms with Crippen LogP contribution in [0.2, 0.25) is 0 Å². The summed E-state index contributed by atoms with van der Waals surface area (Å²) in [5.74, 6) is -1.87. The van der Waals surface area contributed by atoms with E-state index >= 15 is 0 Å². The number of rotatable bonds is 34. The first-order valence-electron chi connectivity index (χ1n) is 17.8. The molecule has 0 aromatic rings. The molecule has 15 nitrogen and oxygen atoms in total. The lowest BCUT2D eigenvalue weighted by Gasteiger charge is -2.07. The van der Waals surface area contributed by atoms with E-state index in [1.807, 2.05) is 0 Å². The van der Waals surface area contributed by atoms with Crippen LogP contribution in [0.3, 0.4) is 0 Å². The van der Waals surface area contributed by atoms with Gasteiger partial charge in [-0.1, -0.05) is 45.6 Å². The van der Waals surface area contributed by atoms with Crippen molar-refractivity contribution in [3.8, 4) is 0 Å². The average molecular weight is 759 g/mol. The van der Waals surface area contributed by atoms with Crippen molar-refractivity contribution < 1.29 is 71.8 Å². The van der Waals surface area contributed by atoms with E-state index in [0.717, 1.165) is 56.8 Å². The zero-order valence-corrected chi connectivity index (χ0v) is 31.3. The van der Waals surface area contributed by atoms with Crippen LogP contribution in [0.25, 0.3) is 0 Å². The Morgan fingerprint density at radius 1 is 0.415 bits per heavy atom. The second kappa shape index (κ2) is 45.8. The van der Waals surface area contributed by atoms with Crippen molar-refractivity contribution >= 4 is 36.1 Å². The molecule has 53 heavy (non-hydrogen) atoms. The second-order valence-corrected chi connectivity index (χ2v) is 10.5. The van der Waals surface area contributed by atoms with E-state index in [2.05, 4.69) is 26.3 Å². The molecule has 0 aromatic heterocycles. The predicted molar refractivity (Wildman–Crippen MR) is 197 cm³/mol. The molecule has 0 rings (SSSR count). The molecule has 0 aromatic carbocycles. The maximum atomic E-state index is 11.5. The van der Waals surface area contributed by atoms with Gasteiger partial charge in [-0.05, 0) is 51.0 Å². The number of aliphatic hydroxyl groups is 1. The Morgan fingerprint density at radius 2 is 0.736 bits per heavy atom. The van der Waals surface area contributed by atoms with Crippen LogP contribution >= 0.6 is 0 Å². The second-order valence-electron chi connectivity index (χ2n) is 10.5. The van der Waals surface area contributed by atoms with Crippen molar-refractivity contribution in [1.29, 1.82) is 0 Å². The van der Waals surface area contributed by atoms with Gasteiger partial charge in [0.05, 0.1) is 33.0 Å². The lowest BCUT2D eigenvalue weighted by Crippen LogP contribution is -2.14. The maximum Gasteiger partial charge on any atom is 0.330 e. The van der Waals surface area contributed by atoms with Crippen molar-refractivity contribution in [2.24, 2.45) is 0 Å². The Balaban J connectivity index is -0.000000869. The number of aldehydes is 1. The highest BCUT2D eigenvalue weighted by atomic mass is 16.6. The van der Waals surface area contributed by atoms with Crippen LogP contribution in [-0.2, 0) is 66.7 Å². The molecule has 0 saturated heterocycles. The van der Waals surface area contributed by atoms with Crippen molar-refractivity contribution in [1.82, 2.24) is 0 Å². The van der Waals surface area contributed by atoms with Crippen LogP contribution in [0.4, 0.5) is 0 Å². The summed E-state index contributed by atoms with van der Waals surface area (Å²) in [5, 5.41) is 8.63. The van der Waals surface area contributed by atoms with Gasteiger partial charge in [-0.3, -0.25) is 14.4 Å². The van der Waals surface area contributed by atoms with Gasteiger partial charge in [0.15, 0.2) is 0 Å². The number of hydrogen-bond donors (Lipinski definition) is 1. The van der Waals surface area contributed by atoms with E-state index in [1.54, 1.807) is 0 Å². The first-order valence-corrected chi connectivity index (χ1v) is 17.8. The summed E-state index contributed by atoms with van der Waals surface area (Å²) < 4.78 is 40.2. The molecule has 0 fully saturated rings. The molecule has 1 N–H and O–H groups in total. The summed E-state index contributed by atoms with van der Waals surface area (Å²) in [4.78, 5) is 64.2. The number of carbonyl (C=O) groups excluding carboxylic acids is 6. The Labute approximate surface area is 314 Å². The number of allylic oxidation sites excluding steroid dienone is 1. The number of aliphatic hydroxyl groups excluding tert-OH is 1. The van der Waals surface area contributed by atoms with Gasteiger partial charge in [-0.25, -0.2) is 14.4 Å². The van der Waals surface area contributed by atoms with Gasteiger partial charge in [0.1, 0.15) is 32.7 Å². The molecule has 304 valence electrons. The van der Waals surface area contributed by atoms with Crippen molar-refractivity contribution in [3.05, 3.63) is 50.6 Å². The Hall–Kier alpha value is -4.18. The fourth-order valence-corrected chi connectivity index (χ4v) is 3.50. The van der Waals surface area contributed by atoms with E-state index < -0.39 is 17.9 Å². The third kappa shape index (κ3) is 50.0. The van der Waals surface area contributed by atoms with E-state index in [9.17, 15) is 24.0 Å². The highest BCUT2D eigenvalue weighted by Gasteiger charge is 2.05. The molecule has 0 heterocycles. The minimum atomic E-state index is -0.442. The van der Waals surface area contributed by atoms with Crippen molar-refractivity contribution in [3.63, 3.8) is 0 Å². The van der Waals surface area contributed by atoms with Gasteiger partial charge in [0, 0.05) is 50.9 Å². The number of unbranched alkanes of at least 4 members (excludes halogenated alkanes) is 7. The van der Waals surface area contributed by atoms with E-state index in [0.29, 0.717) is 77.8 Å². The van der Waals surface area contributed by atoms with Gasteiger partial charge in [0.2, 0.25) is 0 Å². The summed E-state index contributed by atoms with van der Waals surface area (Å²) in [6, 6.07) is 0. The topological polar surface area (TPSA) is 196 Å². The number of ether oxygens (including phenoxy) is 8. The molecular formula is C38H62O15. The summed E-state index contributed by atoms with van der Waals surface area (Å²) in [6.45, 7) is 17.0.